The van der Waals surface area contributed by atoms with Crippen LogP contribution in [-0.4, -0.2) is 54.9 Å². The van der Waals surface area contributed by atoms with Crippen LogP contribution in [0.2, 0.25) is 0 Å². The molecule has 210 valence electrons. The first kappa shape index (κ1) is 29.1. The van der Waals surface area contributed by atoms with Crippen molar-refractivity contribution in [3.8, 4) is 0 Å². The summed E-state index contributed by atoms with van der Waals surface area (Å²) in [5, 5.41) is 2.34. The number of likely N-dealkylation sites (N-methyl/N-ethyl adjacent to an activating group) is 1. The average molecular weight is 608 g/mol. The summed E-state index contributed by atoms with van der Waals surface area (Å²) in [4.78, 5) is 40.7. The largest absolute Gasteiger partial charge is 0.330 e. The van der Waals surface area contributed by atoms with Gasteiger partial charge in [-0.1, -0.05) is 6.07 Å². The molecule has 0 saturated heterocycles. The van der Waals surface area contributed by atoms with Crippen LogP contribution in [0.25, 0.3) is 10.3 Å². The van der Waals surface area contributed by atoms with Gasteiger partial charge in [-0.3, -0.25) is 4.79 Å². The molecule has 11 nitrogen and oxygen atoms in total. The summed E-state index contributed by atoms with van der Waals surface area (Å²) in [7, 11) is -2.94. The molecular weight excluding hydrogens is 585 g/mol. The standard InChI is InChI=1S/C24H21F2N7O4S2.H2S/c1-32(18-11-19-22(28-12-18)38-13-29-19)23(34)20(9-14-7-16(25)10-17(26)8-14)30-24(35)31-39(36,37)33-6-4-15-3-2-5-27-21(15)33;/h2-3,5,7-8,10-13,20H,4,6,9H2,1H3,(H2,30,31,35);1H2/t20-;/m0./s1. The molecule has 0 aliphatic carbocycles. The second-order valence-electron chi connectivity index (χ2n) is 8.69. The van der Waals surface area contributed by atoms with Crippen molar-refractivity contribution < 1.29 is 26.8 Å². The number of carbonyl (C=O) groups excluding carboxylic acids is 2. The predicted octanol–water partition coefficient (Wildman–Crippen LogP) is 2.66. The topological polar surface area (TPSA) is 137 Å². The van der Waals surface area contributed by atoms with E-state index in [-0.39, 0.29) is 37.8 Å². The van der Waals surface area contributed by atoms with E-state index in [9.17, 15) is 26.8 Å². The van der Waals surface area contributed by atoms with Crippen molar-refractivity contribution in [1.29, 1.82) is 0 Å². The van der Waals surface area contributed by atoms with E-state index in [0.29, 0.717) is 34.1 Å². The van der Waals surface area contributed by atoms with E-state index in [1.165, 1.54) is 35.7 Å². The fourth-order valence-corrected chi connectivity index (χ4v) is 5.97. The zero-order valence-corrected chi connectivity index (χ0v) is 23.5. The van der Waals surface area contributed by atoms with E-state index < -0.39 is 39.8 Å². The van der Waals surface area contributed by atoms with Gasteiger partial charge in [-0.05, 0) is 41.8 Å². The van der Waals surface area contributed by atoms with Gasteiger partial charge in [0.1, 0.15) is 33.8 Å². The Morgan fingerprint density at radius 3 is 2.65 bits per heavy atom. The summed E-state index contributed by atoms with van der Waals surface area (Å²) >= 11 is 1.32. The Kier molecular flexibility index (Phi) is 8.51. The highest BCUT2D eigenvalue weighted by molar-refractivity contribution is 7.91. The Hall–Kier alpha value is -3.89. The molecule has 1 aromatic carbocycles. The molecule has 1 atom stereocenters. The fourth-order valence-electron chi connectivity index (χ4n) is 4.23. The molecule has 0 bridgehead atoms. The summed E-state index contributed by atoms with van der Waals surface area (Å²) in [6.07, 6.45) is 2.97. The number of carbonyl (C=O) groups is 2. The molecule has 16 heteroatoms. The molecule has 2 N–H and O–H groups in total. The minimum absolute atomic E-state index is 0. The van der Waals surface area contributed by atoms with Gasteiger partial charge in [0.05, 0.1) is 17.4 Å². The molecule has 1 aliphatic rings. The van der Waals surface area contributed by atoms with E-state index in [4.69, 9.17) is 0 Å². The number of fused-ring (bicyclic) bond motifs is 2. The Bertz CT molecular complexity index is 1670. The van der Waals surface area contributed by atoms with Crippen LogP contribution in [0.1, 0.15) is 11.1 Å². The molecule has 0 radical (unpaired) electrons. The second kappa shape index (κ2) is 11.7. The lowest BCUT2D eigenvalue weighted by atomic mass is 10.0. The van der Waals surface area contributed by atoms with Gasteiger partial charge in [-0.25, -0.2) is 37.6 Å². The maximum absolute atomic E-state index is 13.9. The van der Waals surface area contributed by atoms with E-state index in [0.717, 1.165) is 16.4 Å². The number of hydrogen-bond donors (Lipinski definition) is 2. The molecule has 3 amide bonds. The molecule has 4 aromatic rings. The van der Waals surface area contributed by atoms with Gasteiger partial charge in [0.25, 0.3) is 0 Å². The monoisotopic (exact) mass is 607 g/mol. The third kappa shape index (κ3) is 6.13. The van der Waals surface area contributed by atoms with Gasteiger partial charge in [0, 0.05) is 32.3 Å². The number of anilines is 2. The summed E-state index contributed by atoms with van der Waals surface area (Å²) in [6, 6.07) is 5.16. The highest BCUT2D eigenvalue weighted by Gasteiger charge is 2.33. The molecule has 1 aliphatic heterocycles. The first-order valence-electron chi connectivity index (χ1n) is 11.6. The van der Waals surface area contributed by atoms with Crippen LogP contribution < -0.4 is 19.2 Å². The quantitative estimate of drug-likeness (QED) is 0.330. The average Bonchev–Trinajstić information content (AvgIpc) is 3.53. The Balaban J connectivity index is 0.00000370. The molecule has 40 heavy (non-hydrogen) atoms. The molecule has 4 heterocycles. The number of nitrogens with zero attached hydrogens (tertiary/aromatic N) is 5. The van der Waals surface area contributed by atoms with Gasteiger partial charge in [-0.2, -0.15) is 21.9 Å². The molecule has 3 aromatic heterocycles. The number of urea groups is 1. The summed E-state index contributed by atoms with van der Waals surface area (Å²) in [6.45, 7) is 0.0781. The SMILES string of the molecule is CN(C(=O)[C@H](Cc1cc(F)cc(F)c1)NC(=O)NS(=O)(=O)N1CCc2cccnc21)c1cnc2scnc2c1.S. The van der Waals surface area contributed by atoms with Crippen molar-refractivity contribution in [2.24, 2.45) is 0 Å². The Morgan fingerprint density at radius 1 is 1.15 bits per heavy atom. The fraction of sp³-hybridized carbons (Fsp3) is 0.208. The molecule has 0 saturated carbocycles. The number of hydrogen-bond acceptors (Lipinski definition) is 8. The number of amides is 3. The van der Waals surface area contributed by atoms with Crippen LogP contribution in [0.3, 0.4) is 0 Å². The number of aromatic nitrogens is 3. The van der Waals surface area contributed by atoms with Gasteiger partial charge in [0.2, 0.25) is 5.91 Å². The van der Waals surface area contributed by atoms with Crippen molar-refractivity contribution in [3.05, 3.63) is 77.1 Å². The van der Waals surface area contributed by atoms with Gasteiger partial charge >= 0.3 is 16.2 Å². The molecule has 0 unspecified atom stereocenters. The third-order valence-corrected chi connectivity index (χ3v) is 8.18. The lowest BCUT2D eigenvalue weighted by Gasteiger charge is -2.25. The minimum Gasteiger partial charge on any atom is -0.325 e. The second-order valence-corrected chi connectivity index (χ2v) is 11.1. The van der Waals surface area contributed by atoms with E-state index in [1.807, 2.05) is 4.72 Å². The van der Waals surface area contributed by atoms with E-state index in [2.05, 4.69) is 20.3 Å². The molecular formula is C24H23F2N7O4S3. The maximum Gasteiger partial charge on any atom is 0.330 e. The zero-order valence-electron chi connectivity index (χ0n) is 20.8. The summed E-state index contributed by atoms with van der Waals surface area (Å²) in [5.41, 5.74) is 3.29. The van der Waals surface area contributed by atoms with Gasteiger partial charge in [-0.15, -0.1) is 11.3 Å². The zero-order chi connectivity index (χ0) is 27.7. The normalized spacial score (nSPS) is 13.3. The lowest BCUT2D eigenvalue weighted by Crippen LogP contribution is -2.54. The van der Waals surface area contributed by atoms with Crippen LogP contribution >= 0.6 is 24.8 Å². The van der Waals surface area contributed by atoms with E-state index >= 15 is 0 Å². The number of halogens is 2. The summed E-state index contributed by atoms with van der Waals surface area (Å²) < 4.78 is 56.5. The van der Waals surface area contributed by atoms with E-state index in [1.54, 1.807) is 23.7 Å². The number of benzene rings is 1. The number of thiazole rings is 1. The van der Waals surface area contributed by atoms with Crippen molar-refractivity contribution >= 4 is 68.8 Å². The lowest BCUT2D eigenvalue weighted by molar-refractivity contribution is -0.120. The molecule has 0 spiro atoms. The van der Waals surface area contributed by atoms with Crippen molar-refractivity contribution in [1.82, 2.24) is 25.0 Å². The first-order chi connectivity index (χ1) is 18.6. The van der Waals surface area contributed by atoms with Gasteiger partial charge < -0.3 is 10.2 Å². The smallest absolute Gasteiger partial charge is 0.325 e. The first-order valence-corrected chi connectivity index (χ1v) is 13.9. The number of nitrogens with one attached hydrogen (secondary N) is 2. The third-order valence-electron chi connectivity index (χ3n) is 6.06. The highest BCUT2D eigenvalue weighted by Crippen LogP contribution is 2.27. The Morgan fingerprint density at radius 2 is 1.90 bits per heavy atom. The number of pyridine rings is 2. The van der Waals surface area contributed by atoms with Crippen molar-refractivity contribution in [2.45, 2.75) is 18.9 Å². The predicted molar refractivity (Wildman–Crippen MR) is 151 cm³/mol. The van der Waals surface area contributed by atoms with Crippen LogP contribution in [0.4, 0.5) is 25.1 Å². The van der Waals surface area contributed by atoms with Crippen LogP contribution in [0, 0.1) is 11.6 Å². The Labute approximate surface area is 238 Å². The van der Waals surface area contributed by atoms with Crippen LogP contribution in [-0.2, 0) is 27.8 Å². The van der Waals surface area contributed by atoms with Crippen LogP contribution in [0.15, 0.2) is 54.3 Å². The highest BCUT2D eigenvalue weighted by atomic mass is 32.2. The van der Waals surface area contributed by atoms with Gasteiger partial charge in [0.15, 0.2) is 0 Å². The molecule has 5 rings (SSSR count). The van der Waals surface area contributed by atoms with Crippen LogP contribution in [0.5, 0.6) is 0 Å². The minimum atomic E-state index is -4.37. The summed E-state index contributed by atoms with van der Waals surface area (Å²) in [5.74, 6) is -2.22. The molecule has 0 fully saturated rings. The number of rotatable bonds is 7. The van der Waals surface area contributed by atoms with Crippen molar-refractivity contribution in [3.63, 3.8) is 0 Å². The maximum atomic E-state index is 13.9. The van der Waals surface area contributed by atoms with Crippen molar-refractivity contribution in [2.75, 3.05) is 22.8 Å².